The van der Waals surface area contributed by atoms with Gasteiger partial charge in [-0.1, -0.05) is 6.07 Å². The van der Waals surface area contributed by atoms with Crippen LogP contribution in [0, 0.1) is 10.1 Å². The molecule has 1 saturated heterocycles. The lowest BCUT2D eigenvalue weighted by Crippen LogP contribution is -2.33. The van der Waals surface area contributed by atoms with Crippen LogP contribution in [0.3, 0.4) is 0 Å². The number of benzene rings is 1. The van der Waals surface area contributed by atoms with Crippen molar-refractivity contribution in [3.63, 3.8) is 0 Å². The second-order valence-electron chi connectivity index (χ2n) is 5.02. The maximum absolute atomic E-state index is 12.7. The average Bonchev–Trinajstić information content (AvgIpc) is 2.89. The van der Waals surface area contributed by atoms with Crippen LogP contribution in [0.1, 0.15) is 15.9 Å². The van der Waals surface area contributed by atoms with Crippen molar-refractivity contribution in [2.45, 2.75) is 0 Å². The highest BCUT2D eigenvalue weighted by molar-refractivity contribution is 7.80. The molecular weight excluding hydrogens is 344 g/mol. The molecular formula is C16H10N4O4S. The topological polar surface area (TPSA) is 105 Å². The Morgan fingerprint density at radius 2 is 2.00 bits per heavy atom. The Labute approximate surface area is 146 Å². The standard InChI is InChI=1S/C16H10N4O4S/c21-14-13(8-10-2-1-7-17-9-10)19(16(25)18-14)15(22)11-3-5-12(6-4-11)20(23)24/h1-9H,(H,18,21,25)/b13-8+. The minimum absolute atomic E-state index is 0.0523. The van der Waals surface area contributed by atoms with E-state index in [1.165, 1.54) is 36.5 Å². The number of aromatic nitrogens is 1. The molecule has 1 aliphatic heterocycles. The second kappa shape index (κ2) is 6.57. The van der Waals surface area contributed by atoms with E-state index in [0.29, 0.717) is 5.56 Å². The molecule has 1 N–H and O–H groups in total. The van der Waals surface area contributed by atoms with Crippen LogP contribution in [0.15, 0.2) is 54.5 Å². The summed E-state index contributed by atoms with van der Waals surface area (Å²) in [6.45, 7) is 0. The number of nitrogens with zero attached hydrogens (tertiary/aromatic N) is 3. The predicted octanol–water partition coefficient (Wildman–Crippen LogP) is 1.89. The maximum Gasteiger partial charge on any atom is 0.274 e. The summed E-state index contributed by atoms with van der Waals surface area (Å²) in [4.78, 5) is 40.0. The fourth-order valence-electron chi connectivity index (χ4n) is 2.23. The molecule has 0 spiro atoms. The number of non-ortho nitro benzene ring substituents is 1. The summed E-state index contributed by atoms with van der Waals surface area (Å²) in [6.07, 6.45) is 4.61. The summed E-state index contributed by atoms with van der Waals surface area (Å²) in [5.74, 6) is -1.07. The normalized spacial score (nSPS) is 15.4. The lowest BCUT2D eigenvalue weighted by Gasteiger charge is -2.15. The Bertz CT molecular complexity index is 909. The Hall–Kier alpha value is -3.46. The number of hydrogen-bond acceptors (Lipinski definition) is 6. The number of hydrogen-bond donors (Lipinski definition) is 1. The molecule has 3 rings (SSSR count). The van der Waals surface area contributed by atoms with Crippen molar-refractivity contribution in [2.75, 3.05) is 0 Å². The number of carbonyl (C=O) groups is 2. The zero-order valence-electron chi connectivity index (χ0n) is 12.6. The summed E-state index contributed by atoms with van der Waals surface area (Å²) in [5.41, 5.74) is 0.711. The number of carbonyl (C=O) groups excluding carboxylic acids is 2. The fourth-order valence-corrected chi connectivity index (χ4v) is 2.51. The first-order chi connectivity index (χ1) is 12.0. The number of nitrogens with one attached hydrogen (secondary N) is 1. The van der Waals surface area contributed by atoms with Gasteiger partial charge in [0, 0.05) is 30.1 Å². The van der Waals surface area contributed by atoms with Crippen molar-refractivity contribution in [3.8, 4) is 0 Å². The molecule has 1 fully saturated rings. The first-order valence-corrected chi connectivity index (χ1v) is 7.44. The number of amides is 2. The van der Waals surface area contributed by atoms with Gasteiger partial charge in [-0.15, -0.1) is 0 Å². The summed E-state index contributed by atoms with van der Waals surface area (Å²) in [5, 5.41) is 13.1. The Balaban J connectivity index is 1.96. The summed E-state index contributed by atoms with van der Waals surface area (Å²) >= 11 is 5.06. The quantitative estimate of drug-likeness (QED) is 0.390. The van der Waals surface area contributed by atoms with Gasteiger partial charge in [0.25, 0.3) is 17.5 Å². The van der Waals surface area contributed by atoms with Gasteiger partial charge < -0.3 is 0 Å². The first-order valence-electron chi connectivity index (χ1n) is 7.03. The van der Waals surface area contributed by atoms with Crippen molar-refractivity contribution < 1.29 is 14.5 Å². The highest BCUT2D eigenvalue weighted by Gasteiger charge is 2.35. The second-order valence-corrected chi connectivity index (χ2v) is 5.41. The Morgan fingerprint density at radius 1 is 1.28 bits per heavy atom. The summed E-state index contributed by atoms with van der Waals surface area (Å²) in [6, 6.07) is 8.47. The largest absolute Gasteiger partial charge is 0.297 e. The van der Waals surface area contributed by atoms with Gasteiger partial charge in [0.1, 0.15) is 5.70 Å². The molecule has 0 unspecified atom stereocenters. The molecule has 0 atom stereocenters. The van der Waals surface area contributed by atoms with Crippen LogP contribution in [0.4, 0.5) is 5.69 Å². The van der Waals surface area contributed by atoms with E-state index >= 15 is 0 Å². The van der Waals surface area contributed by atoms with E-state index in [9.17, 15) is 19.7 Å². The van der Waals surface area contributed by atoms with Crippen molar-refractivity contribution >= 4 is 40.9 Å². The SMILES string of the molecule is O=C1NC(=S)N(C(=O)c2ccc([N+](=O)[O-])cc2)/C1=C/c1cccnc1. The highest BCUT2D eigenvalue weighted by atomic mass is 32.1. The third kappa shape index (κ3) is 3.26. The molecule has 0 saturated carbocycles. The van der Waals surface area contributed by atoms with Gasteiger partial charge in [-0.2, -0.15) is 0 Å². The molecule has 25 heavy (non-hydrogen) atoms. The third-order valence-corrected chi connectivity index (χ3v) is 3.70. The molecule has 1 aromatic carbocycles. The van der Waals surface area contributed by atoms with E-state index in [4.69, 9.17) is 12.2 Å². The van der Waals surface area contributed by atoms with Gasteiger partial charge in [-0.05, 0) is 42.1 Å². The molecule has 0 radical (unpaired) electrons. The monoisotopic (exact) mass is 354 g/mol. The molecule has 2 amide bonds. The highest BCUT2D eigenvalue weighted by Crippen LogP contribution is 2.21. The van der Waals surface area contributed by atoms with Crippen LogP contribution in [0.5, 0.6) is 0 Å². The minimum Gasteiger partial charge on any atom is -0.297 e. The lowest BCUT2D eigenvalue weighted by molar-refractivity contribution is -0.384. The van der Waals surface area contributed by atoms with Gasteiger partial charge in [0.05, 0.1) is 4.92 Å². The van der Waals surface area contributed by atoms with Gasteiger partial charge in [-0.3, -0.25) is 30.0 Å². The van der Waals surface area contributed by atoms with E-state index in [1.807, 2.05) is 0 Å². The molecule has 124 valence electrons. The van der Waals surface area contributed by atoms with Crippen molar-refractivity contribution in [2.24, 2.45) is 0 Å². The predicted molar refractivity (Wildman–Crippen MR) is 92.2 cm³/mol. The number of rotatable bonds is 3. The van der Waals surface area contributed by atoms with Gasteiger partial charge >= 0.3 is 0 Å². The van der Waals surface area contributed by atoms with Crippen LogP contribution >= 0.6 is 12.2 Å². The van der Waals surface area contributed by atoms with E-state index in [2.05, 4.69) is 10.3 Å². The fraction of sp³-hybridized carbons (Fsp3) is 0. The molecule has 2 aromatic rings. The molecule has 0 bridgehead atoms. The maximum atomic E-state index is 12.7. The van der Waals surface area contributed by atoms with E-state index in [0.717, 1.165) is 4.90 Å². The lowest BCUT2D eigenvalue weighted by atomic mass is 10.1. The van der Waals surface area contributed by atoms with Crippen LogP contribution in [-0.4, -0.2) is 31.7 Å². The third-order valence-electron chi connectivity index (χ3n) is 3.41. The van der Waals surface area contributed by atoms with E-state index in [-0.39, 0.29) is 22.1 Å². The van der Waals surface area contributed by atoms with E-state index in [1.54, 1.807) is 18.3 Å². The molecule has 1 aliphatic rings. The molecule has 1 aromatic heterocycles. The number of pyridine rings is 1. The zero-order chi connectivity index (χ0) is 18.0. The summed E-state index contributed by atoms with van der Waals surface area (Å²) < 4.78 is 0. The molecule has 2 heterocycles. The van der Waals surface area contributed by atoms with Gasteiger partial charge in [-0.25, -0.2) is 4.90 Å². The molecule has 9 heteroatoms. The minimum atomic E-state index is -0.562. The van der Waals surface area contributed by atoms with Crippen molar-refractivity contribution in [1.82, 2.24) is 15.2 Å². The van der Waals surface area contributed by atoms with Crippen LogP contribution in [-0.2, 0) is 4.79 Å². The van der Waals surface area contributed by atoms with Crippen molar-refractivity contribution in [3.05, 3.63) is 75.7 Å². The number of thiocarbonyl (C=S) groups is 1. The Kier molecular flexibility index (Phi) is 4.31. The average molecular weight is 354 g/mol. The van der Waals surface area contributed by atoms with Gasteiger partial charge in [0.15, 0.2) is 5.11 Å². The molecule has 8 nitrogen and oxygen atoms in total. The smallest absolute Gasteiger partial charge is 0.274 e. The number of nitro benzene ring substituents is 1. The summed E-state index contributed by atoms with van der Waals surface area (Å²) in [7, 11) is 0. The van der Waals surface area contributed by atoms with Crippen LogP contribution in [0.25, 0.3) is 6.08 Å². The van der Waals surface area contributed by atoms with Crippen LogP contribution < -0.4 is 5.32 Å². The Morgan fingerprint density at radius 3 is 2.60 bits per heavy atom. The van der Waals surface area contributed by atoms with Crippen molar-refractivity contribution in [1.29, 1.82) is 0 Å². The number of nitro groups is 1. The van der Waals surface area contributed by atoms with Crippen LogP contribution in [0.2, 0.25) is 0 Å². The van der Waals surface area contributed by atoms with E-state index < -0.39 is 16.7 Å². The first kappa shape index (κ1) is 16.4. The zero-order valence-corrected chi connectivity index (χ0v) is 13.4. The van der Waals surface area contributed by atoms with Gasteiger partial charge in [0.2, 0.25) is 0 Å². The molecule has 0 aliphatic carbocycles.